The fourth-order valence-electron chi connectivity index (χ4n) is 2.80. The Morgan fingerprint density at radius 3 is 2.46 bits per heavy atom. The third-order valence-corrected chi connectivity index (χ3v) is 4.13. The molecule has 24 heavy (non-hydrogen) atoms. The van der Waals surface area contributed by atoms with Gasteiger partial charge in [0.05, 0.1) is 11.5 Å². The van der Waals surface area contributed by atoms with E-state index in [2.05, 4.69) is 6.08 Å². The minimum Gasteiger partial charge on any atom is -0.392 e. The third-order valence-electron chi connectivity index (χ3n) is 4.13. The van der Waals surface area contributed by atoms with Crippen LogP contribution in [-0.2, 0) is 0 Å². The van der Waals surface area contributed by atoms with Crippen molar-refractivity contribution < 1.29 is 10.0 Å². The molecule has 0 aliphatic heterocycles. The van der Waals surface area contributed by atoms with Gasteiger partial charge in [0, 0.05) is 11.1 Å². The van der Waals surface area contributed by atoms with Crippen molar-refractivity contribution in [1.82, 2.24) is 0 Å². The zero-order valence-electron chi connectivity index (χ0n) is 15.2. The summed E-state index contributed by atoms with van der Waals surface area (Å²) in [4.78, 5) is 10.9. The van der Waals surface area contributed by atoms with Crippen LogP contribution in [0.3, 0.4) is 0 Å². The van der Waals surface area contributed by atoms with Gasteiger partial charge in [-0.05, 0) is 64.7 Å². The molecule has 0 aliphatic rings. The molecule has 0 saturated heterocycles. The quantitative estimate of drug-likeness (QED) is 0.324. The zero-order chi connectivity index (χ0) is 18.3. The Kier molecular flexibility index (Phi) is 7.59. The second-order valence-electron chi connectivity index (χ2n) is 6.21. The maximum atomic E-state index is 11.2. The lowest BCUT2D eigenvalue weighted by molar-refractivity contribution is -0.386. The fraction of sp³-hybridized carbons (Fsp3) is 0.400. The summed E-state index contributed by atoms with van der Waals surface area (Å²) in [6, 6.07) is 1.87. The summed E-state index contributed by atoms with van der Waals surface area (Å²) < 4.78 is 0. The van der Waals surface area contributed by atoms with E-state index in [-0.39, 0.29) is 17.2 Å². The lowest BCUT2D eigenvalue weighted by Crippen LogP contribution is -1.99. The van der Waals surface area contributed by atoms with Gasteiger partial charge >= 0.3 is 0 Å². The molecule has 4 heteroatoms. The predicted octanol–water partition coefficient (Wildman–Crippen LogP) is 5.20. The molecule has 0 unspecified atom stereocenters. The first kappa shape index (κ1) is 19.8. The monoisotopic (exact) mass is 329 g/mol. The van der Waals surface area contributed by atoms with E-state index in [1.165, 1.54) is 5.57 Å². The van der Waals surface area contributed by atoms with Crippen LogP contribution in [0.25, 0.3) is 6.08 Å². The standard InChI is InChI=1S/C20H27NO3/c1-14(7-6-8-15(2)11-12-22)9-10-19-16(3)13-17(4)20(18(19)5)21(23)24/h7,9-11,13,22H,6,8,12H2,1-5H3. The van der Waals surface area contributed by atoms with Crippen molar-refractivity contribution in [3.05, 3.63) is 67.8 Å². The minimum absolute atomic E-state index is 0.0825. The molecule has 0 atom stereocenters. The van der Waals surface area contributed by atoms with Crippen LogP contribution in [0, 0.1) is 30.9 Å². The van der Waals surface area contributed by atoms with Crippen molar-refractivity contribution in [3.8, 4) is 0 Å². The second-order valence-corrected chi connectivity index (χ2v) is 6.21. The molecule has 1 rings (SSSR count). The summed E-state index contributed by atoms with van der Waals surface area (Å²) in [5, 5.41) is 20.1. The Bertz CT molecular complexity index is 697. The largest absolute Gasteiger partial charge is 0.392 e. The Labute approximate surface area is 144 Å². The number of benzene rings is 1. The van der Waals surface area contributed by atoms with Crippen LogP contribution in [0.5, 0.6) is 0 Å². The Hall–Kier alpha value is -2.20. The summed E-state index contributed by atoms with van der Waals surface area (Å²) in [5.41, 5.74) is 5.86. The third kappa shape index (κ3) is 5.46. The molecule has 0 aliphatic carbocycles. The van der Waals surface area contributed by atoms with Gasteiger partial charge in [-0.1, -0.05) is 35.5 Å². The number of nitro groups is 1. The van der Waals surface area contributed by atoms with E-state index < -0.39 is 0 Å². The molecule has 1 N–H and O–H groups in total. The molecule has 0 radical (unpaired) electrons. The highest BCUT2D eigenvalue weighted by Gasteiger charge is 2.18. The number of rotatable bonds is 7. The van der Waals surface area contributed by atoms with Crippen molar-refractivity contribution in [2.75, 3.05) is 6.61 Å². The number of aryl methyl sites for hydroxylation is 2. The van der Waals surface area contributed by atoms with E-state index in [0.29, 0.717) is 11.1 Å². The zero-order valence-corrected chi connectivity index (χ0v) is 15.2. The first-order valence-electron chi connectivity index (χ1n) is 8.14. The molecule has 0 saturated carbocycles. The molecule has 0 bridgehead atoms. The van der Waals surface area contributed by atoms with Gasteiger partial charge in [-0.3, -0.25) is 10.1 Å². The molecular weight excluding hydrogens is 302 g/mol. The molecule has 0 fully saturated rings. The van der Waals surface area contributed by atoms with Crippen molar-refractivity contribution >= 4 is 11.8 Å². The molecule has 4 nitrogen and oxygen atoms in total. The molecule has 0 spiro atoms. The summed E-state index contributed by atoms with van der Waals surface area (Å²) >= 11 is 0. The second kappa shape index (κ2) is 9.18. The molecule has 1 aromatic carbocycles. The van der Waals surface area contributed by atoms with E-state index in [1.807, 2.05) is 45.1 Å². The number of allylic oxidation sites excluding steroid dienone is 4. The fourth-order valence-corrected chi connectivity index (χ4v) is 2.80. The Balaban J connectivity index is 2.96. The first-order valence-corrected chi connectivity index (χ1v) is 8.14. The highest BCUT2D eigenvalue weighted by atomic mass is 16.6. The molecule has 1 aromatic rings. The number of nitro benzene ring substituents is 1. The number of hydrogen-bond acceptors (Lipinski definition) is 3. The van der Waals surface area contributed by atoms with Crippen molar-refractivity contribution in [2.45, 2.75) is 47.5 Å². The molecule has 130 valence electrons. The van der Waals surface area contributed by atoms with Crippen LogP contribution in [-0.4, -0.2) is 16.6 Å². The van der Waals surface area contributed by atoms with E-state index in [0.717, 1.165) is 29.5 Å². The van der Waals surface area contributed by atoms with Crippen LogP contribution < -0.4 is 0 Å². The lowest BCUT2D eigenvalue weighted by atomic mass is 9.96. The minimum atomic E-state index is -0.305. The summed E-state index contributed by atoms with van der Waals surface area (Å²) in [6.45, 7) is 9.67. The lowest BCUT2D eigenvalue weighted by Gasteiger charge is -2.09. The Morgan fingerprint density at radius 2 is 1.88 bits per heavy atom. The van der Waals surface area contributed by atoms with Gasteiger partial charge in [-0.25, -0.2) is 0 Å². The van der Waals surface area contributed by atoms with Gasteiger partial charge in [0.15, 0.2) is 0 Å². The maximum absolute atomic E-state index is 11.2. The molecule has 0 amide bonds. The highest BCUT2D eigenvalue weighted by molar-refractivity contribution is 5.66. The number of aliphatic hydroxyl groups excluding tert-OH is 1. The number of aliphatic hydroxyl groups is 1. The smallest absolute Gasteiger partial charge is 0.275 e. The van der Waals surface area contributed by atoms with E-state index in [1.54, 1.807) is 13.8 Å². The first-order chi connectivity index (χ1) is 11.3. The van der Waals surface area contributed by atoms with Crippen LogP contribution in [0.15, 0.2) is 35.4 Å². The maximum Gasteiger partial charge on any atom is 0.275 e. The highest BCUT2D eigenvalue weighted by Crippen LogP contribution is 2.29. The van der Waals surface area contributed by atoms with Crippen molar-refractivity contribution in [3.63, 3.8) is 0 Å². The average Bonchev–Trinajstić information content (AvgIpc) is 2.46. The van der Waals surface area contributed by atoms with Crippen LogP contribution in [0.4, 0.5) is 5.69 Å². The SMILES string of the molecule is CC(C=Cc1c(C)cc(C)c([N+](=O)[O-])c1C)=CCCC(C)=CCO. The summed E-state index contributed by atoms with van der Waals surface area (Å²) in [7, 11) is 0. The van der Waals surface area contributed by atoms with Crippen molar-refractivity contribution in [2.24, 2.45) is 0 Å². The molecular formula is C20H27NO3. The van der Waals surface area contributed by atoms with E-state index >= 15 is 0 Å². The van der Waals surface area contributed by atoms with Crippen LogP contribution in [0.2, 0.25) is 0 Å². The van der Waals surface area contributed by atoms with E-state index in [4.69, 9.17) is 5.11 Å². The van der Waals surface area contributed by atoms with E-state index in [9.17, 15) is 10.1 Å². The van der Waals surface area contributed by atoms with Gasteiger partial charge in [0.25, 0.3) is 5.69 Å². The van der Waals surface area contributed by atoms with Gasteiger partial charge < -0.3 is 5.11 Å². The number of nitrogens with zero attached hydrogens (tertiary/aromatic N) is 1. The van der Waals surface area contributed by atoms with Gasteiger partial charge in [0.2, 0.25) is 0 Å². The van der Waals surface area contributed by atoms with Gasteiger partial charge in [-0.15, -0.1) is 0 Å². The summed E-state index contributed by atoms with van der Waals surface area (Å²) in [6.07, 6.45) is 9.73. The number of hydrogen-bond donors (Lipinski definition) is 1. The normalized spacial score (nSPS) is 12.9. The molecule has 0 aromatic heterocycles. The predicted molar refractivity (Wildman–Crippen MR) is 100 cm³/mol. The van der Waals surface area contributed by atoms with Gasteiger partial charge in [-0.2, -0.15) is 0 Å². The van der Waals surface area contributed by atoms with Crippen molar-refractivity contribution in [1.29, 1.82) is 0 Å². The average molecular weight is 329 g/mol. The van der Waals surface area contributed by atoms with Gasteiger partial charge in [0.1, 0.15) is 0 Å². The molecule has 0 heterocycles. The van der Waals surface area contributed by atoms with Crippen LogP contribution in [0.1, 0.15) is 48.9 Å². The topological polar surface area (TPSA) is 63.4 Å². The summed E-state index contributed by atoms with van der Waals surface area (Å²) in [5.74, 6) is 0. The Morgan fingerprint density at radius 1 is 1.21 bits per heavy atom. The van der Waals surface area contributed by atoms with Crippen LogP contribution >= 0.6 is 0 Å².